The van der Waals surface area contributed by atoms with Crippen LogP contribution >= 0.6 is 35.0 Å². The Hall–Kier alpha value is -0.370. The number of fused-ring (bicyclic) bond motifs is 1. The highest BCUT2D eigenvalue weighted by molar-refractivity contribution is 8.00. The van der Waals surface area contributed by atoms with Gasteiger partial charge in [0.1, 0.15) is 17.8 Å². The molecule has 0 aromatic rings. The van der Waals surface area contributed by atoms with Gasteiger partial charge in [-0.15, -0.1) is 35.0 Å². The quantitative estimate of drug-likeness (QED) is 0.221. The first-order valence-corrected chi connectivity index (χ1v) is 15.7. The van der Waals surface area contributed by atoms with E-state index in [1.54, 1.807) is 26.0 Å². The van der Waals surface area contributed by atoms with Crippen molar-refractivity contribution in [3.05, 3.63) is 0 Å². The molecule has 5 saturated heterocycles. The number of nitrogens with zero attached hydrogens (tertiary/aromatic N) is 1. The van der Waals surface area contributed by atoms with Crippen LogP contribution in [0.15, 0.2) is 0 Å². The Morgan fingerprint density at radius 3 is 2.55 bits per heavy atom. The highest BCUT2D eigenvalue weighted by atomic mass is 35.5. The van der Waals surface area contributed by atoms with Gasteiger partial charge in [0.05, 0.1) is 22.9 Å². The summed E-state index contributed by atoms with van der Waals surface area (Å²) < 4.78 is 11.2. The van der Waals surface area contributed by atoms with Gasteiger partial charge >= 0.3 is 0 Å². The number of thioether (sulfide) groups is 1. The fourth-order valence-electron chi connectivity index (χ4n) is 6.92. The van der Waals surface area contributed by atoms with Crippen molar-refractivity contribution in [2.24, 2.45) is 17.8 Å². The molecule has 12 unspecified atom stereocenters. The van der Waals surface area contributed by atoms with Crippen LogP contribution in [0.3, 0.4) is 0 Å². The van der Waals surface area contributed by atoms with Gasteiger partial charge in [-0.05, 0) is 44.4 Å². The van der Waals surface area contributed by atoms with Gasteiger partial charge in [0, 0.05) is 57.7 Å². The standard InChI is InChI=1S/C25H42Cl2N6O4S/c1-12-6-13(14-7-20(27)29-9-18(14)36-2)15(8-28-12)23(34)32-25-30-17-10-33(11-19(17)38-25)24(35)22-16(26)4-5-21(31-22)37-3/h12-22,25,28-31H,4-11H2,1-3H3,(H,32,34). The Balaban J connectivity index is 1.16. The van der Waals surface area contributed by atoms with E-state index in [9.17, 15) is 9.59 Å². The molecule has 0 aromatic heterocycles. The Kier molecular flexibility index (Phi) is 9.70. The summed E-state index contributed by atoms with van der Waals surface area (Å²) in [6, 6.07) is 0.0354. The van der Waals surface area contributed by atoms with Gasteiger partial charge in [0.2, 0.25) is 11.8 Å². The highest BCUT2D eigenvalue weighted by Gasteiger charge is 2.48. The van der Waals surface area contributed by atoms with E-state index in [2.05, 4.69) is 33.5 Å². The SMILES string of the molecule is COC1CCC(Cl)C(C(=O)N2CC3NC(NC(=O)C4CNC(C)CC4C4CC(Cl)NCC4OC)SC3C2)N1. The number of carbonyl (C=O) groups is 2. The van der Waals surface area contributed by atoms with Gasteiger partial charge < -0.3 is 25.0 Å². The summed E-state index contributed by atoms with van der Waals surface area (Å²) in [5.74, 6) is 0.365. The molecule has 5 aliphatic rings. The second-order valence-electron chi connectivity index (χ2n) is 11.4. The third-order valence-corrected chi connectivity index (χ3v) is 11.2. The minimum absolute atomic E-state index is 0.0293. The number of ether oxygens (including phenoxy) is 2. The molecule has 5 aliphatic heterocycles. The number of amides is 2. The number of rotatable bonds is 6. The smallest absolute Gasteiger partial charge is 0.241 e. The van der Waals surface area contributed by atoms with Gasteiger partial charge in [-0.2, -0.15) is 0 Å². The molecule has 5 rings (SSSR count). The zero-order chi connectivity index (χ0) is 27.0. The second kappa shape index (κ2) is 12.7. The number of methoxy groups -OCH3 is 2. The van der Waals surface area contributed by atoms with E-state index in [-0.39, 0.29) is 69.6 Å². The third kappa shape index (κ3) is 6.26. The molecule has 5 N–H and O–H groups in total. The number of hydrogen-bond acceptors (Lipinski definition) is 9. The van der Waals surface area contributed by atoms with E-state index in [1.807, 2.05) is 4.90 Å². The number of nitrogens with one attached hydrogen (secondary N) is 5. The topological polar surface area (TPSA) is 116 Å². The molecular weight excluding hydrogens is 551 g/mol. The van der Waals surface area contributed by atoms with Crippen LogP contribution in [0.4, 0.5) is 0 Å². The minimum Gasteiger partial charge on any atom is -0.380 e. The van der Waals surface area contributed by atoms with Crippen LogP contribution in [0.1, 0.15) is 32.6 Å². The summed E-state index contributed by atoms with van der Waals surface area (Å²) in [6.07, 6.45) is 3.15. The first-order valence-electron chi connectivity index (χ1n) is 13.8. The third-order valence-electron chi connectivity index (χ3n) is 9.03. The van der Waals surface area contributed by atoms with Gasteiger partial charge in [-0.3, -0.25) is 25.5 Å². The van der Waals surface area contributed by atoms with Crippen molar-refractivity contribution in [1.82, 2.24) is 31.5 Å². The number of carbonyl (C=O) groups excluding carboxylic acids is 2. The molecule has 10 nitrogen and oxygen atoms in total. The Morgan fingerprint density at radius 2 is 1.82 bits per heavy atom. The van der Waals surface area contributed by atoms with E-state index < -0.39 is 6.04 Å². The molecule has 38 heavy (non-hydrogen) atoms. The summed E-state index contributed by atoms with van der Waals surface area (Å²) in [4.78, 5) is 28.7. The molecular formula is C25H42Cl2N6O4S. The van der Waals surface area contributed by atoms with E-state index in [0.717, 1.165) is 25.7 Å². The lowest BCUT2D eigenvalue weighted by Gasteiger charge is -2.45. The number of likely N-dealkylation sites (tertiary alicyclic amines) is 1. The Labute approximate surface area is 239 Å². The first-order chi connectivity index (χ1) is 18.3. The van der Waals surface area contributed by atoms with Crippen molar-refractivity contribution < 1.29 is 19.1 Å². The maximum absolute atomic E-state index is 13.6. The molecule has 12 atom stereocenters. The maximum Gasteiger partial charge on any atom is 0.241 e. The monoisotopic (exact) mass is 592 g/mol. The van der Waals surface area contributed by atoms with Crippen LogP contribution in [-0.4, -0.2) is 109 Å². The molecule has 0 bridgehead atoms. The summed E-state index contributed by atoms with van der Waals surface area (Å²) in [6.45, 7) is 4.77. The van der Waals surface area contributed by atoms with Crippen molar-refractivity contribution >= 4 is 46.8 Å². The van der Waals surface area contributed by atoms with Gasteiger partial charge in [-0.25, -0.2) is 0 Å². The molecule has 5 heterocycles. The van der Waals surface area contributed by atoms with Crippen LogP contribution in [0.25, 0.3) is 0 Å². The Bertz CT molecular complexity index is 849. The molecule has 0 aromatic carbocycles. The highest BCUT2D eigenvalue weighted by Crippen LogP contribution is 2.38. The predicted octanol–water partition coefficient (Wildman–Crippen LogP) is 0.438. The largest absolute Gasteiger partial charge is 0.380 e. The summed E-state index contributed by atoms with van der Waals surface area (Å²) in [5.41, 5.74) is -0.274. The zero-order valence-corrected chi connectivity index (χ0v) is 24.7. The first kappa shape index (κ1) is 29.1. The van der Waals surface area contributed by atoms with Crippen molar-refractivity contribution in [3.63, 3.8) is 0 Å². The average Bonchev–Trinajstić information content (AvgIpc) is 3.47. The normalized spacial score (nSPS) is 45.6. The van der Waals surface area contributed by atoms with Gasteiger partial charge in [0.15, 0.2) is 0 Å². The van der Waals surface area contributed by atoms with Crippen LogP contribution in [0.2, 0.25) is 0 Å². The van der Waals surface area contributed by atoms with Crippen LogP contribution in [0, 0.1) is 17.8 Å². The van der Waals surface area contributed by atoms with Crippen LogP contribution in [0.5, 0.6) is 0 Å². The molecule has 0 spiro atoms. The summed E-state index contributed by atoms with van der Waals surface area (Å²) >= 11 is 14.7. The fraction of sp³-hybridized carbons (Fsp3) is 0.920. The molecule has 0 saturated carbocycles. The lowest BCUT2D eigenvalue weighted by Crippen LogP contribution is -2.58. The second-order valence-corrected chi connectivity index (χ2v) is 13.8. The molecule has 0 radical (unpaired) electrons. The van der Waals surface area contributed by atoms with Gasteiger partial charge in [0.25, 0.3) is 0 Å². The van der Waals surface area contributed by atoms with Crippen LogP contribution in [-0.2, 0) is 19.1 Å². The lowest BCUT2D eigenvalue weighted by molar-refractivity contribution is -0.135. The van der Waals surface area contributed by atoms with Gasteiger partial charge in [-0.1, -0.05) is 0 Å². The minimum atomic E-state index is -0.439. The zero-order valence-electron chi connectivity index (χ0n) is 22.3. The number of piperidine rings is 3. The number of halogens is 2. The lowest BCUT2D eigenvalue weighted by atomic mass is 9.70. The fourth-order valence-corrected chi connectivity index (χ4v) is 8.93. The number of hydrogen-bond donors (Lipinski definition) is 5. The van der Waals surface area contributed by atoms with Crippen molar-refractivity contribution in [1.29, 1.82) is 0 Å². The van der Waals surface area contributed by atoms with E-state index in [1.165, 1.54) is 0 Å². The van der Waals surface area contributed by atoms with Crippen molar-refractivity contribution in [2.45, 2.75) is 84.7 Å². The predicted molar refractivity (Wildman–Crippen MR) is 149 cm³/mol. The number of alkyl halides is 2. The average molecular weight is 594 g/mol. The summed E-state index contributed by atoms with van der Waals surface area (Å²) in [7, 11) is 3.39. The van der Waals surface area contributed by atoms with E-state index in [0.29, 0.717) is 32.2 Å². The molecule has 5 fully saturated rings. The van der Waals surface area contributed by atoms with E-state index >= 15 is 0 Å². The van der Waals surface area contributed by atoms with E-state index in [4.69, 9.17) is 32.7 Å². The molecule has 13 heteroatoms. The summed E-state index contributed by atoms with van der Waals surface area (Å²) in [5, 5.41) is 16.8. The molecule has 216 valence electrons. The molecule has 2 amide bonds. The van der Waals surface area contributed by atoms with Crippen molar-refractivity contribution in [3.8, 4) is 0 Å². The maximum atomic E-state index is 13.6. The molecule has 0 aliphatic carbocycles. The van der Waals surface area contributed by atoms with Crippen LogP contribution < -0.4 is 26.6 Å². The Morgan fingerprint density at radius 1 is 1.00 bits per heavy atom. The van der Waals surface area contributed by atoms with Crippen molar-refractivity contribution in [2.75, 3.05) is 40.4 Å².